The van der Waals surface area contributed by atoms with Crippen molar-refractivity contribution < 1.29 is 28.0 Å². The molecule has 20 heavy (non-hydrogen) atoms. The first kappa shape index (κ1) is 16.0. The normalized spacial score (nSPS) is 10.3. The van der Waals surface area contributed by atoms with Crippen LogP contribution in [0.3, 0.4) is 0 Å². The van der Waals surface area contributed by atoms with Crippen LogP contribution in [0.15, 0.2) is 12.1 Å². The highest BCUT2D eigenvalue weighted by Gasteiger charge is 2.22. The van der Waals surface area contributed by atoms with E-state index >= 15 is 0 Å². The lowest BCUT2D eigenvalue weighted by molar-refractivity contribution is -0.387. The molecule has 0 unspecified atom stereocenters. The van der Waals surface area contributed by atoms with Crippen molar-refractivity contribution in [1.29, 1.82) is 0 Å². The molecular formula is C12H13F2NO5. The van der Waals surface area contributed by atoms with Crippen LogP contribution in [0.1, 0.15) is 23.7 Å². The van der Waals surface area contributed by atoms with Gasteiger partial charge in [-0.05, 0) is 12.5 Å². The fraction of sp³-hybridized carbons (Fsp3) is 0.417. The van der Waals surface area contributed by atoms with Gasteiger partial charge < -0.3 is 9.47 Å². The van der Waals surface area contributed by atoms with Gasteiger partial charge in [0.05, 0.1) is 23.2 Å². The Hall–Kier alpha value is -2.09. The maximum atomic E-state index is 13.5. The van der Waals surface area contributed by atoms with Crippen LogP contribution in [0.4, 0.5) is 14.5 Å². The van der Waals surface area contributed by atoms with Crippen LogP contribution < -0.4 is 0 Å². The van der Waals surface area contributed by atoms with Crippen LogP contribution in [-0.2, 0) is 9.47 Å². The summed E-state index contributed by atoms with van der Waals surface area (Å²) in [7, 11) is 0. The smallest absolute Gasteiger partial charge is 0.341 e. The molecule has 0 saturated carbocycles. The average Bonchev–Trinajstić information content (AvgIpc) is 2.40. The van der Waals surface area contributed by atoms with Crippen molar-refractivity contribution in [3.05, 3.63) is 39.4 Å². The molecule has 0 heterocycles. The predicted molar refractivity (Wildman–Crippen MR) is 64.4 cm³/mol. The minimum atomic E-state index is -1.30. The Bertz CT molecular complexity index is 507. The second-order valence-electron chi connectivity index (χ2n) is 3.79. The van der Waals surface area contributed by atoms with Crippen molar-refractivity contribution in [2.24, 2.45) is 0 Å². The van der Waals surface area contributed by atoms with Gasteiger partial charge in [-0.3, -0.25) is 10.1 Å². The predicted octanol–water partition coefficient (Wildman–Crippen LogP) is 2.46. The van der Waals surface area contributed by atoms with Crippen LogP contribution in [0.5, 0.6) is 0 Å². The second kappa shape index (κ2) is 7.49. The molecule has 0 amide bonds. The second-order valence-corrected chi connectivity index (χ2v) is 3.79. The van der Waals surface area contributed by atoms with E-state index in [1.807, 2.05) is 6.92 Å². The van der Waals surface area contributed by atoms with Crippen LogP contribution in [0, 0.1) is 21.7 Å². The fourth-order valence-electron chi connectivity index (χ4n) is 1.35. The largest absolute Gasteiger partial charge is 0.460 e. The highest BCUT2D eigenvalue weighted by atomic mass is 19.1. The van der Waals surface area contributed by atoms with E-state index in [0.717, 1.165) is 6.42 Å². The molecule has 0 aromatic heterocycles. The summed E-state index contributed by atoms with van der Waals surface area (Å²) in [4.78, 5) is 20.8. The number of nitro benzene ring substituents is 1. The molecule has 1 aromatic carbocycles. The van der Waals surface area contributed by atoms with Crippen molar-refractivity contribution >= 4 is 11.7 Å². The van der Waals surface area contributed by atoms with Gasteiger partial charge in [0.15, 0.2) is 0 Å². The summed E-state index contributed by atoms with van der Waals surface area (Å²) in [6.45, 7) is 2.42. The summed E-state index contributed by atoms with van der Waals surface area (Å²) < 4.78 is 36.5. The maximum absolute atomic E-state index is 13.5. The Morgan fingerprint density at radius 2 is 1.95 bits per heavy atom. The van der Waals surface area contributed by atoms with Crippen LogP contribution >= 0.6 is 0 Å². The number of halogens is 2. The lowest BCUT2D eigenvalue weighted by Crippen LogP contribution is -2.13. The van der Waals surface area contributed by atoms with Gasteiger partial charge in [0.25, 0.3) is 0 Å². The molecule has 0 radical (unpaired) electrons. The Kier molecular flexibility index (Phi) is 5.98. The van der Waals surface area contributed by atoms with Crippen molar-refractivity contribution in [1.82, 2.24) is 0 Å². The van der Waals surface area contributed by atoms with Gasteiger partial charge in [0, 0.05) is 6.61 Å². The number of hydrogen-bond donors (Lipinski definition) is 0. The summed E-state index contributed by atoms with van der Waals surface area (Å²) in [5.41, 5.74) is -1.73. The summed E-state index contributed by atoms with van der Waals surface area (Å²) >= 11 is 0. The number of carbonyl (C=O) groups excluding carboxylic acids is 1. The SMILES string of the molecule is CCCOCCOC(=O)c1cc(F)c([N+](=O)[O-])cc1F. The Morgan fingerprint density at radius 1 is 1.25 bits per heavy atom. The highest BCUT2D eigenvalue weighted by molar-refractivity contribution is 5.90. The molecule has 0 fully saturated rings. The molecule has 0 atom stereocenters. The molecule has 1 aromatic rings. The Morgan fingerprint density at radius 3 is 2.55 bits per heavy atom. The van der Waals surface area contributed by atoms with Crippen LogP contribution in [0.2, 0.25) is 0 Å². The third-order valence-electron chi connectivity index (χ3n) is 2.26. The minimum absolute atomic E-state index is 0.114. The molecule has 1 rings (SSSR count). The number of esters is 1. The van der Waals surface area contributed by atoms with E-state index in [9.17, 15) is 23.7 Å². The molecule has 110 valence electrons. The average molecular weight is 289 g/mol. The van der Waals surface area contributed by atoms with Gasteiger partial charge >= 0.3 is 11.7 Å². The summed E-state index contributed by atoms with van der Waals surface area (Å²) in [5, 5.41) is 10.4. The summed E-state index contributed by atoms with van der Waals surface area (Å²) in [5.74, 6) is -3.61. The number of rotatable bonds is 7. The molecule has 0 bridgehead atoms. The molecule has 0 spiro atoms. The third-order valence-corrected chi connectivity index (χ3v) is 2.26. The molecule has 8 heteroatoms. The maximum Gasteiger partial charge on any atom is 0.341 e. The summed E-state index contributed by atoms with van der Waals surface area (Å²) in [6.07, 6.45) is 0.802. The van der Waals surface area contributed by atoms with Gasteiger partial charge in [-0.15, -0.1) is 0 Å². The molecule has 6 nitrogen and oxygen atoms in total. The first-order chi connectivity index (χ1) is 9.47. The first-order valence-corrected chi connectivity index (χ1v) is 5.85. The fourth-order valence-corrected chi connectivity index (χ4v) is 1.35. The van der Waals surface area contributed by atoms with E-state index in [1.54, 1.807) is 0 Å². The molecule has 0 saturated heterocycles. The van der Waals surface area contributed by atoms with Gasteiger partial charge in [-0.25, -0.2) is 9.18 Å². The number of benzene rings is 1. The summed E-state index contributed by atoms with van der Waals surface area (Å²) in [6, 6.07) is 0.794. The van der Waals surface area contributed by atoms with E-state index in [0.29, 0.717) is 18.7 Å². The zero-order valence-corrected chi connectivity index (χ0v) is 10.7. The molecular weight excluding hydrogens is 276 g/mol. The topological polar surface area (TPSA) is 78.7 Å². The lowest BCUT2D eigenvalue weighted by Gasteiger charge is -2.06. The number of nitrogens with zero attached hydrogens (tertiary/aromatic N) is 1. The van der Waals surface area contributed by atoms with Gasteiger partial charge in [0.2, 0.25) is 5.82 Å². The lowest BCUT2D eigenvalue weighted by atomic mass is 10.2. The molecule has 0 aliphatic rings. The van der Waals surface area contributed by atoms with Crippen LogP contribution in [0.25, 0.3) is 0 Å². The Balaban J connectivity index is 2.69. The molecule has 0 aliphatic carbocycles. The number of carbonyl (C=O) groups is 1. The first-order valence-electron chi connectivity index (χ1n) is 5.85. The monoisotopic (exact) mass is 289 g/mol. The van der Waals surface area contributed by atoms with E-state index in [4.69, 9.17) is 4.74 Å². The zero-order chi connectivity index (χ0) is 15.1. The van der Waals surface area contributed by atoms with E-state index in [1.165, 1.54) is 0 Å². The van der Waals surface area contributed by atoms with Crippen molar-refractivity contribution in [2.45, 2.75) is 13.3 Å². The third kappa shape index (κ3) is 4.23. The van der Waals surface area contributed by atoms with E-state index < -0.39 is 33.8 Å². The minimum Gasteiger partial charge on any atom is -0.460 e. The number of ether oxygens (including phenoxy) is 2. The van der Waals surface area contributed by atoms with Gasteiger partial charge in [-0.2, -0.15) is 4.39 Å². The quantitative estimate of drug-likeness (QED) is 0.333. The van der Waals surface area contributed by atoms with Crippen molar-refractivity contribution in [3.8, 4) is 0 Å². The molecule has 0 aliphatic heterocycles. The standard InChI is InChI=1S/C12H13F2NO5/c1-2-3-19-4-5-20-12(16)8-6-10(14)11(15(17)18)7-9(8)13/h6-7H,2-5H2,1H3. The van der Waals surface area contributed by atoms with E-state index in [-0.39, 0.29) is 13.2 Å². The Labute approximate surface area is 113 Å². The number of hydrogen-bond acceptors (Lipinski definition) is 5. The highest BCUT2D eigenvalue weighted by Crippen LogP contribution is 2.21. The number of nitro groups is 1. The van der Waals surface area contributed by atoms with Crippen LogP contribution in [-0.4, -0.2) is 30.7 Å². The van der Waals surface area contributed by atoms with E-state index in [2.05, 4.69) is 4.74 Å². The molecule has 0 N–H and O–H groups in total. The van der Waals surface area contributed by atoms with Crippen molar-refractivity contribution in [3.63, 3.8) is 0 Å². The van der Waals surface area contributed by atoms with Gasteiger partial charge in [-0.1, -0.05) is 6.92 Å². The van der Waals surface area contributed by atoms with Crippen molar-refractivity contribution in [2.75, 3.05) is 19.8 Å². The van der Waals surface area contributed by atoms with Gasteiger partial charge in [0.1, 0.15) is 12.4 Å². The zero-order valence-electron chi connectivity index (χ0n) is 10.7.